The van der Waals surface area contributed by atoms with Crippen molar-refractivity contribution in [2.45, 2.75) is 32.4 Å². The van der Waals surface area contributed by atoms with Gasteiger partial charge in [-0.2, -0.15) is 0 Å². The molecule has 0 spiro atoms. The van der Waals surface area contributed by atoms with Crippen molar-refractivity contribution in [2.75, 3.05) is 6.54 Å². The van der Waals surface area contributed by atoms with Gasteiger partial charge in [-0.1, -0.05) is 36.2 Å². The summed E-state index contributed by atoms with van der Waals surface area (Å²) in [7, 11) is 0. The van der Waals surface area contributed by atoms with Crippen molar-refractivity contribution in [1.29, 1.82) is 0 Å². The van der Waals surface area contributed by atoms with Crippen LogP contribution >= 0.6 is 23.2 Å². The Hall–Kier alpha value is -0.310. The fourth-order valence-corrected chi connectivity index (χ4v) is 2.12. The Kier molecular flexibility index (Phi) is 3.49. The molecule has 0 aliphatic heterocycles. The van der Waals surface area contributed by atoms with Crippen LogP contribution < -0.4 is 0 Å². The summed E-state index contributed by atoms with van der Waals surface area (Å²) in [5.41, 5.74) is 1.06. The first-order chi connectivity index (χ1) is 7.20. The van der Waals surface area contributed by atoms with Gasteiger partial charge >= 0.3 is 0 Å². The molecule has 1 aromatic rings. The van der Waals surface area contributed by atoms with Crippen molar-refractivity contribution in [3.63, 3.8) is 0 Å². The van der Waals surface area contributed by atoms with E-state index in [0.717, 1.165) is 24.7 Å². The van der Waals surface area contributed by atoms with Crippen LogP contribution in [0.4, 0.5) is 0 Å². The van der Waals surface area contributed by atoms with E-state index in [1.165, 1.54) is 12.8 Å². The number of aromatic nitrogens is 1. The van der Waals surface area contributed by atoms with E-state index in [0.29, 0.717) is 10.3 Å². The molecule has 1 aliphatic rings. The number of halogens is 2. The molecule has 1 heterocycles. The molecule has 15 heavy (non-hydrogen) atoms. The molecule has 1 saturated carbocycles. The summed E-state index contributed by atoms with van der Waals surface area (Å²) in [5, 5.41) is 0.986. The summed E-state index contributed by atoms with van der Waals surface area (Å²) in [6.45, 7) is 4.11. The molecule has 0 N–H and O–H groups in total. The Morgan fingerprint density at radius 3 is 2.67 bits per heavy atom. The second kappa shape index (κ2) is 4.69. The van der Waals surface area contributed by atoms with Gasteiger partial charge in [-0.15, -0.1) is 0 Å². The first-order valence-electron chi connectivity index (χ1n) is 5.25. The maximum absolute atomic E-state index is 6.03. The lowest BCUT2D eigenvalue weighted by Crippen LogP contribution is -2.25. The summed E-state index contributed by atoms with van der Waals surface area (Å²) < 4.78 is 0. The molecule has 2 rings (SSSR count). The van der Waals surface area contributed by atoms with Crippen LogP contribution in [-0.2, 0) is 6.54 Å². The van der Waals surface area contributed by atoms with Crippen molar-refractivity contribution in [3.8, 4) is 0 Å². The molecule has 4 heteroatoms. The van der Waals surface area contributed by atoms with E-state index >= 15 is 0 Å². The van der Waals surface area contributed by atoms with Gasteiger partial charge in [0, 0.05) is 18.2 Å². The van der Waals surface area contributed by atoms with Crippen molar-refractivity contribution >= 4 is 23.2 Å². The van der Waals surface area contributed by atoms with Crippen molar-refractivity contribution in [1.82, 2.24) is 9.88 Å². The number of hydrogen-bond donors (Lipinski definition) is 0. The monoisotopic (exact) mass is 244 g/mol. The topological polar surface area (TPSA) is 16.1 Å². The van der Waals surface area contributed by atoms with Crippen LogP contribution in [0.3, 0.4) is 0 Å². The van der Waals surface area contributed by atoms with E-state index in [1.807, 2.05) is 6.07 Å². The maximum atomic E-state index is 6.03. The van der Waals surface area contributed by atoms with E-state index in [4.69, 9.17) is 23.2 Å². The highest BCUT2D eigenvalue weighted by Crippen LogP contribution is 2.29. The van der Waals surface area contributed by atoms with E-state index in [-0.39, 0.29) is 0 Å². The Labute approximate surface area is 100 Å². The molecule has 0 atom stereocenters. The van der Waals surface area contributed by atoms with Gasteiger partial charge in [0.15, 0.2) is 0 Å². The normalized spacial score (nSPS) is 16.0. The Bertz CT molecular complexity index is 350. The van der Waals surface area contributed by atoms with Crippen LogP contribution in [0.5, 0.6) is 0 Å². The van der Waals surface area contributed by atoms with E-state index in [9.17, 15) is 0 Å². The lowest BCUT2D eigenvalue weighted by molar-refractivity contribution is 0.269. The summed E-state index contributed by atoms with van der Waals surface area (Å²) >= 11 is 11.8. The van der Waals surface area contributed by atoms with E-state index in [1.54, 1.807) is 6.07 Å². The molecule has 1 aromatic heterocycles. The zero-order valence-electron chi connectivity index (χ0n) is 8.71. The van der Waals surface area contributed by atoms with Gasteiger partial charge in [-0.25, -0.2) is 4.98 Å². The zero-order chi connectivity index (χ0) is 10.8. The van der Waals surface area contributed by atoms with Gasteiger partial charge < -0.3 is 0 Å². The third-order valence-corrected chi connectivity index (χ3v) is 3.27. The summed E-state index contributed by atoms with van der Waals surface area (Å²) in [5.74, 6) is 0. The first-order valence-corrected chi connectivity index (χ1v) is 6.01. The molecule has 2 nitrogen and oxygen atoms in total. The minimum absolute atomic E-state index is 0.457. The van der Waals surface area contributed by atoms with Gasteiger partial charge in [0.05, 0.1) is 0 Å². The largest absolute Gasteiger partial charge is 0.296 e. The van der Waals surface area contributed by atoms with Crippen LogP contribution in [-0.4, -0.2) is 22.5 Å². The average molecular weight is 245 g/mol. The maximum Gasteiger partial charge on any atom is 0.135 e. The van der Waals surface area contributed by atoms with Crippen LogP contribution in [0.15, 0.2) is 12.1 Å². The third kappa shape index (κ3) is 2.83. The van der Waals surface area contributed by atoms with E-state index in [2.05, 4.69) is 16.8 Å². The second-order valence-corrected chi connectivity index (χ2v) is 4.62. The Balaban J connectivity index is 2.08. The SMILES string of the molecule is CCN(Cc1ccc(Cl)nc1Cl)C1CC1. The molecule has 0 aromatic carbocycles. The minimum atomic E-state index is 0.457. The van der Waals surface area contributed by atoms with Crippen molar-refractivity contribution in [2.24, 2.45) is 0 Å². The van der Waals surface area contributed by atoms with Gasteiger partial charge in [0.1, 0.15) is 10.3 Å². The minimum Gasteiger partial charge on any atom is -0.296 e. The number of hydrogen-bond acceptors (Lipinski definition) is 2. The Morgan fingerprint density at radius 2 is 2.13 bits per heavy atom. The van der Waals surface area contributed by atoms with Crippen LogP contribution in [0.1, 0.15) is 25.3 Å². The van der Waals surface area contributed by atoms with Gasteiger partial charge in [-0.05, 0) is 25.5 Å². The fourth-order valence-electron chi connectivity index (χ4n) is 1.72. The number of nitrogens with zero attached hydrogens (tertiary/aromatic N) is 2. The highest BCUT2D eigenvalue weighted by Gasteiger charge is 2.28. The molecule has 0 bridgehead atoms. The Morgan fingerprint density at radius 1 is 1.40 bits per heavy atom. The highest BCUT2D eigenvalue weighted by atomic mass is 35.5. The van der Waals surface area contributed by atoms with Crippen molar-refractivity contribution in [3.05, 3.63) is 28.0 Å². The molecule has 1 fully saturated rings. The van der Waals surface area contributed by atoms with Gasteiger partial charge in [-0.3, -0.25) is 4.90 Å². The quantitative estimate of drug-likeness (QED) is 0.756. The zero-order valence-corrected chi connectivity index (χ0v) is 10.2. The van der Waals surface area contributed by atoms with Crippen LogP contribution in [0.25, 0.3) is 0 Å². The average Bonchev–Trinajstić information content (AvgIpc) is 3.00. The smallest absolute Gasteiger partial charge is 0.135 e. The number of rotatable bonds is 4. The predicted molar refractivity (Wildman–Crippen MR) is 63.4 cm³/mol. The van der Waals surface area contributed by atoms with Gasteiger partial charge in [0.25, 0.3) is 0 Å². The van der Waals surface area contributed by atoms with E-state index < -0.39 is 0 Å². The molecular weight excluding hydrogens is 231 g/mol. The molecule has 0 radical (unpaired) electrons. The molecular formula is C11H14Cl2N2. The fraction of sp³-hybridized carbons (Fsp3) is 0.545. The second-order valence-electron chi connectivity index (χ2n) is 3.88. The third-order valence-electron chi connectivity index (χ3n) is 2.73. The molecule has 0 saturated heterocycles. The summed E-state index contributed by atoms with van der Waals surface area (Å²) in [4.78, 5) is 6.47. The number of pyridine rings is 1. The highest BCUT2D eigenvalue weighted by molar-refractivity contribution is 6.32. The summed E-state index contributed by atoms with van der Waals surface area (Å²) in [6.07, 6.45) is 2.62. The molecule has 0 amide bonds. The lowest BCUT2D eigenvalue weighted by atomic mass is 10.2. The molecule has 1 aliphatic carbocycles. The van der Waals surface area contributed by atoms with Crippen molar-refractivity contribution < 1.29 is 0 Å². The van der Waals surface area contributed by atoms with Crippen LogP contribution in [0.2, 0.25) is 10.3 Å². The molecule has 0 unspecified atom stereocenters. The standard InChI is InChI=1S/C11H14Cl2N2/c1-2-15(9-4-5-9)7-8-3-6-10(12)14-11(8)13/h3,6,9H,2,4-5,7H2,1H3. The summed E-state index contributed by atoms with van der Waals surface area (Å²) in [6, 6.07) is 4.51. The molecule has 82 valence electrons. The lowest BCUT2D eigenvalue weighted by Gasteiger charge is -2.20. The first kappa shape index (κ1) is 11.2. The van der Waals surface area contributed by atoms with Gasteiger partial charge in [0.2, 0.25) is 0 Å². The van der Waals surface area contributed by atoms with Crippen LogP contribution in [0, 0.1) is 0 Å². The predicted octanol–water partition coefficient (Wildman–Crippen LogP) is 3.37.